The van der Waals surface area contributed by atoms with Gasteiger partial charge in [0, 0.05) is 30.3 Å². The quantitative estimate of drug-likeness (QED) is 0.413. The largest absolute Gasteiger partial charge is 0.471 e. The topological polar surface area (TPSA) is 91.3 Å². The van der Waals surface area contributed by atoms with E-state index in [0.717, 1.165) is 43.6 Å². The van der Waals surface area contributed by atoms with Gasteiger partial charge in [-0.15, -0.1) is 0 Å². The predicted molar refractivity (Wildman–Crippen MR) is 158 cm³/mol. The van der Waals surface area contributed by atoms with Crippen LogP contribution in [0.4, 0.5) is 18.9 Å². The summed E-state index contributed by atoms with van der Waals surface area (Å²) in [6, 6.07) is 13.5. The molecule has 2 aromatic carbocycles. The summed E-state index contributed by atoms with van der Waals surface area (Å²) in [7, 11) is 0. The van der Waals surface area contributed by atoms with Crippen LogP contribution in [0.2, 0.25) is 0 Å². The molecule has 2 N–H and O–H groups in total. The number of carbonyl (C=O) groups is 2. The van der Waals surface area contributed by atoms with Gasteiger partial charge in [0.1, 0.15) is 6.04 Å². The molecule has 44 heavy (non-hydrogen) atoms. The molecule has 3 aliphatic heterocycles. The van der Waals surface area contributed by atoms with Crippen LogP contribution in [-0.2, 0) is 25.7 Å². The average molecular weight is 618 g/mol. The third-order valence-corrected chi connectivity index (χ3v) is 9.00. The number of aliphatic hydroxyl groups excluding tert-OH is 1. The second kappa shape index (κ2) is 14.4. The number of aliphatic hydroxyl groups is 1. The molecule has 11 heteroatoms. The van der Waals surface area contributed by atoms with Crippen molar-refractivity contribution in [1.82, 2.24) is 9.80 Å². The van der Waals surface area contributed by atoms with Crippen LogP contribution in [0.25, 0.3) is 0 Å². The van der Waals surface area contributed by atoms with Crippen LogP contribution in [0.5, 0.6) is 0 Å². The molecule has 0 spiro atoms. The Kier molecular flexibility index (Phi) is 10.6. The molecule has 3 heterocycles. The average Bonchev–Trinajstić information content (AvgIpc) is 3.49. The van der Waals surface area contributed by atoms with Gasteiger partial charge in [-0.3, -0.25) is 9.59 Å². The van der Waals surface area contributed by atoms with E-state index in [4.69, 9.17) is 9.47 Å². The smallest absolute Gasteiger partial charge is 0.392 e. The van der Waals surface area contributed by atoms with Gasteiger partial charge in [-0.05, 0) is 62.0 Å². The van der Waals surface area contributed by atoms with Crippen LogP contribution >= 0.6 is 0 Å². The van der Waals surface area contributed by atoms with Crippen molar-refractivity contribution in [2.24, 2.45) is 5.92 Å². The highest BCUT2D eigenvalue weighted by Crippen LogP contribution is 2.42. The first-order chi connectivity index (χ1) is 21.1. The number of amides is 2. The van der Waals surface area contributed by atoms with Gasteiger partial charge in [0.15, 0.2) is 6.29 Å². The highest BCUT2D eigenvalue weighted by molar-refractivity contribution is 5.98. The summed E-state index contributed by atoms with van der Waals surface area (Å²) in [5.74, 6) is -2.63. The normalized spacial score (nSPS) is 27.0. The van der Waals surface area contributed by atoms with Crippen LogP contribution in [-0.4, -0.2) is 71.2 Å². The van der Waals surface area contributed by atoms with E-state index in [1.165, 1.54) is 19.3 Å². The molecular weight excluding hydrogens is 575 g/mol. The fourth-order valence-corrected chi connectivity index (χ4v) is 6.51. The fraction of sp³-hybridized carbons (Fsp3) is 0.576. The third-order valence-electron chi connectivity index (χ3n) is 9.00. The van der Waals surface area contributed by atoms with E-state index < -0.39 is 30.3 Å². The van der Waals surface area contributed by atoms with E-state index in [-0.39, 0.29) is 37.7 Å². The molecule has 3 aliphatic rings. The molecule has 0 saturated carbocycles. The van der Waals surface area contributed by atoms with Crippen LogP contribution in [0.3, 0.4) is 0 Å². The van der Waals surface area contributed by atoms with Gasteiger partial charge in [0.2, 0.25) is 5.91 Å². The lowest BCUT2D eigenvalue weighted by atomic mass is 9.89. The summed E-state index contributed by atoms with van der Waals surface area (Å²) in [6.07, 6.45) is 0.299. The minimum absolute atomic E-state index is 0.0269. The lowest BCUT2D eigenvalue weighted by Crippen LogP contribution is -2.48. The number of hydrogen-bond donors (Lipinski definition) is 2. The second-order valence-corrected chi connectivity index (χ2v) is 12.2. The van der Waals surface area contributed by atoms with Gasteiger partial charge in [-0.1, -0.05) is 62.6 Å². The summed E-state index contributed by atoms with van der Waals surface area (Å²) in [4.78, 5) is 28.0. The lowest BCUT2D eigenvalue weighted by molar-refractivity contribution is -0.276. The molecule has 240 valence electrons. The first kappa shape index (κ1) is 32.4. The molecule has 2 amide bonds. The van der Waals surface area contributed by atoms with E-state index in [9.17, 15) is 27.9 Å². The van der Waals surface area contributed by atoms with Gasteiger partial charge in [-0.2, -0.15) is 13.2 Å². The standard InChI is InChI=1S/C33H42F3N3O5/c1-22-28(20-38-16-5-3-2-4-6-17-38)43-31(44-29(22)24-14-12-23(21-40)13-15-24)25-9-7-10-26(19-25)37-30(41)27-11-8-18-39(27)32(42)33(34,35)36/h7,9-10,12-15,19,22,27-29,31,40H,2-6,8,11,16-18,20-21H2,1H3,(H,37,41). The summed E-state index contributed by atoms with van der Waals surface area (Å²) >= 11 is 0. The third kappa shape index (κ3) is 7.80. The van der Waals surface area contributed by atoms with Crippen molar-refractivity contribution in [3.63, 3.8) is 0 Å². The summed E-state index contributed by atoms with van der Waals surface area (Å²) in [5.41, 5.74) is 2.83. The van der Waals surface area contributed by atoms with Crippen molar-refractivity contribution in [2.75, 3.05) is 31.5 Å². The van der Waals surface area contributed by atoms with E-state index in [1.54, 1.807) is 18.2 Å². The fourth-order valence-electron chi connectivity index (χ4n) is 6.51. The number of ether oxygens (including phenoxy) is 2. The summed E-state index contributed by atoms with van der Waals surface area (Å²) in [5, 5.41) is 12.2. The van der Waals surface area contributed by atoms with Crippen molar-refractivity contribution in [3.05, 3.63) is 65.2 Å². The predicted octanol–water partition coefficient (Wildman–Crippen LogP) is 5.73. The van der Waals surface area contributed by atoms with Crippen LogP contribution in [0.1, 0.15) is 81.0 Å². The Morgan fingerprint density at radius 3 is 2.32 bits per heavy atom. The highest BCUT2D eigenvalue weighted by Gasteiger charge is 2.47. The summed E-state index contributed by atoms with van der Waals surface area (Å²) < 4.78 is 52.5. The number of rotatable bonds is 7. The molecular formula is C33H42F3N3O5. The van der Waals surface area contributed by atoms with Crippen molar-refractivity contribution < 1.29 is 37.3 Å². The Labute approximate surface area is 256 Å². The Balaban J connectivity index is 1.35. The number of likely N-dealkylation sites (tertiary alicyclic amines) is 2. The molecule has 0 radical (unpaired) electrons. The number of nitrogens with one attached hydrogen (secondary N) is 1. The molecule has 3 fully saturated rings. The van der Waals surface area contributed by atoms with Gasteiger partial charge in [-0.25, -0.2) is 0 Å². The first-order valence-electron chi connectivity index (χ1n) is 15.7. The van der Waals surface area contributed by atoms with Gasteiger partial charge in [0.25, 0.3) is 0 Å². The number of hydrogen-bond acceptors (Lipinski definition) is 6. The maximum absolute atomic E-state index is 13.1. The van der Waals surface area contributed by atoms with Crippen molar-refractivity contribution in [3.8, 4) is 0 Å². The monoisotopic (exact) mass is 617 g/mol. The zero-order chi connectivity index (χ0) is 31.3. The van der Waals surface area contributed by atoms with Crippen LogP contribution < -0.4 is 5.32 Å². The van der Waals surface area contributed by atoms with E-state index in [0.29, 0.717) is 22.6 Å². The zero-order valence-corrected chi connectivity index (χ0v) is 25.1. The molecule has 0 aliphatic carbocycles. The van der Waals surface area contributed by atoms with E-state index in [2.05, 4.69) is 17.1 Å². The Hall–Kier alpha value is -2.99. The molecule has 0 aromatic heterocycles. The van der Waals surface area contributed by atoms with Gasteiger partial charge < -0.3 is 29.7 Å². The molecule has 0 bridgehead atoms. The van der Waals surface area contributed by atoms with E-state index >= 15 is 0 Å². The second-order valence-electron chi connectivity index (χ2n) is 12.2. The molecule has 5 rings (SSSR count). The van der Waals surface area contributed by atoms with Crippen LogP contribution in [0.15, 0.2) is 48.5 Å². The number of alkyl halides is 3. The summed E-state index contributed by atoms with van der Waals surface area (Å²) in [6.45, 7) is 4.76. The number of carbonyl (C=O) groups excluding carboxylic acids is 2. The molecule has 3 saturated heterocycles. The lowest BCUT2D eigenvalue weighted by Gasteiger charge is -2.43. The first-order valence-corrected chi connectivity index (χ1v) is 15.7. The molecule has 2 aromatic rings. The number of anilines is 1. The zero-order valence-electron chi connectivity index (χ0n) is 25.1. The number of nitrogens with zero attached hydrogens (tertiary/aromatic N) is 2. The Bertz CT molecular complexity index is 1270. The number of benzene rings is 2. The molecule has 8 nitrogen and oxygen atoms in total. The van der Waals surface area contributed by atoms with Gasteiger partial charge in [0.05, 0.1) is 18.8 Å². The SMILES string of the molecule is CC1C(CN2CCCCCCC2)OC(c2cccc(NC(=O)C3CCCN3C(=O)C(F)(F)F)c2)OC1c1ccc(CO)cc1. The highest BCUT2D eigenvalue weighted by atomic mass is 19.4. The molecule has 5 atom stereocenters. The minimum Gasteiger partial charge on any atom is -0.392 e. The minimum atomic E-state index is -5.03. The van der Waals surface area contributed by atoms with Crippen LogP contribution in [0, 0.1) is 5.92 Å². The van der Waals surface area contributed by atoms with Crippen molar-refractivity contribution >= 4 is 17.5 Å². The number of halogens is 3. The van der Waals surface area contributed by atoms with E-state index in [1.807, 2.05) is 30.3 Å². The van der Waals surface area contributed by atoms with Crippen molar-refractivity contribution in [1.29, 1.82) is 0 Å². The Morgan fingerprint density at radius 1 is 0.932 bits per heavy atom. The molecule has 5 unspecified atom stereocenters. The maximum Gasteiger partial charge on any atom is 0.471 e. The Morgan fingerprint density at radius 2 is 1.64 bits per heavy atom. The van der Waals surface area contributed by atoms with Crippen molar-refractivity contribution in [2.45, 2.75) is 89.2 Å². The maximum atomic E-state index is 13.1. The van der Waals surface area contributed by atoms with Gasteiger partial charge >= 0.3 is 12.1 Å².